The number of nitrogens with zero attached hydrogens (tertiary/aromatic N) is 1. The molecular weight excluding hydrogens is 248 g/mol. The number of hydrogen-bond donors (Lipinski definition) is 1. The summed E-state index contributed by atoms with van der Waals surface area (Å²) in [5.74, 6) is 0. The highest BCUT2D eigenvalue weighted by atomic mass is 16.5. The fraction of sp³-hybridized carbons (Fsp3) is 0.647. The minimum absolute atomic E-state index is 0.0269. The number of hydrogen-bond acceptors (Lipinski definition) is 3. The lowest BCUT2D eigenvalue weighted by molar-refractivity contribution is -0.0188. The van der Waals surface area contributed by atoms with E-state index in [-0.39, 0.29) is 5.54 Å². The Kier molecular flexibility index (Phi) is 4.71. The lowest BCUT2D eigenvalue weighted by Gasteiger charge is -2.47. The van der Waals surface area contributed by atoms with Crippen LogP contribution in [0.5, 0.6) is 0 Å². The van der Waals surface area contributed by atoms with E-state index in [1.165, 1.54) is 16.8 Å². The third-order valence-corrected chi connectivity index (χ3v) is 4.67. The van der Waals surface area contributed by atoms with Crippen molar-refractivity contribution in [3.05, 3.63) is 29.3 Å². The van der Waals surface area contributed by atoms with Crippen molar-refractivity contribution in [2.24, 2.45) is 5.73 Å². The van der Waals surface area contributed by atoms with Crippen LogP contribution in [0.4, 0.5) is 5.69 Å². The van der Waals surface area contributed by atoms with Crippen LogP contribution in [0.1, 0.15) is 37.3 Å². The molecule has 1 aliphatic rings. The van der Waals surface area contributed by atoms with Crippen LogP contribution in [0.2, 0.25) is 0 Å². The van der Waals surface area contributed by atoms with Gasteiger partial charge in [-0.2, -0.15) is 0 Å². The van der Waals surface area contributed by atoms with Crippen molar-refractivity contribution < 1.29 is 4.74 Å². The summed E-state index contributed by atoms with van der Waals surface area (Å²) in [6.07, 6.45) is 3.41. The summed E-state index contributed by atoms with van der Waals surface area (Å²) >= 11 is 0. The molecule has 20 heavy (non-hydrogen) atoms. The van der Waals surface area contributed by atoms with Gasteiger partial charge in [-0.15, -0.1) is 0 Å². The van der Waals surface area contributed by atoms with Crippen molar-refractivity contribution in [2.45, 2.75) is 51.7 Å². The summed E-state index contributed by atoms with van der Waals surface area (Å²) in [6, 6.07) is 6.72. The molecule has 0 bridgehead atoms. The normalized spacial score (nSPS) is 26.6. The van der Waals surface area contributed by atoms with Crippen molar-refractivity contribution in [2.75, 3.05) is 25.1 Å². The Hall–Kier alpha value is -1.06. The smallest absolute Gasteiger partial charge is 0.0595 e. The molecule has 2 unspecified atom stereocenters. The molecule has 0 aromatic heterocycles. The fourth-order valence-corrected chi connectivity index (χ4v) is 3.31. The summed E-state index contributed by atoms with van der Waals surface area (Å²) in [7, 11) is 2.18. The molecule has 1 aliphatic heterocycles. The highest BCUT2D eigenvalue weighted by Crippen LogP contribution is 2.34. The number of aryl methyl sites for hydroxylation is 2. The van der Waals surface area contributed by atoms with E-state index in [1.807, 2.05) is 0 Å². The first-order valence-electron chi connectivity index (χ1n) is 7.64. The molecule has 0 radical (unpaired) electrons. The van der Waals surface area contributed by atoms with Crippen LogP contribution < -0.4 is 10.6 Å². The van der Waals surface area contributed by atoms with E-state index in [9.17, 15) is 0 Å². The van der Waals surface area contributed by atoms with Gasteiger partial charge in [-0.25, -0.2) is 0 Å². The fourth-order valence-electron chi connectivity index (χ4n) is 3.31. The quantitative estimate of drug-likeness (QED) is 0.918. The minimum atomic E-state index is 0.0269. The zero-order chi connectivity index (χ0) is 14.8. The molecular formula is C17H28N2O. The van der Waals surface area contributed by atoms with Crippen LogP contribution in [-0.4, -0.2) is 31.8 Å². The predicted octanol–water partition coefficient (Wildman–Crippen LogP) is 3.03. The monoisotopic (exact) mass is 276 g/mol. The van der Waals surface area contributed by atoms with Crippen molar-refractivity contribution in [1.29, 1.82) is 0 Å². The first kappa shape index (κ1) is 15.3. The average molecular weight is 276 g/mol. The van der Waals surface area contributed by atoms with Gasteiger partial charge in [0.2, 0.25) is 0 Å². The van der Waals surface area contributed by atoms with Crippen LogP contribution in [0.3, 0.4) is 0 Å². The summed E-state index contributed by atoms with van der Waals surface area (Å²) in [6.45, 7) is 7.98. The van der Waals surface area contributed by atoms with Crippen LogP contribution in [0.15, 0.2) is 18.2 Å². The summed E-state index contributed by atoms with van der Waals surface area (Å²) in [5, 5.41) is 0. The molecule has 0 spiro atoms. The molecule has 1 aromatic rings. The second-order valence-corrected chi connectivity index (χ2v) is 6.19. The molecule has 0 amide bonds. The third-order valence-electron chi connectivity index (χ3n) is 4.67. The van der Waals surface area contributed by atoms with Gasteiger partial charge in [0.1, 0.15) is 0 Å². The third kappa shape index (κ3) is 2.99. The molecule has 112 valence electrons. The van der Waals surface area contributed by atoms with Gasteiger partial charge in [0.25, 0.3) is 0 Å². The van der Waals surface area contributed by atoms with Gasteiger partial charge < -0.3 is 15.4 Å². The maximum atomic E-state index is 6.17. The van der Waals surface area contributed by atoms with Crippen molar-refractivity contribution >= 4 is 5.69 Å². The number of nitrogens with two attached hydrogens (primary N) is 1. The van der Waals surface area contributed by atoms with Gasteiger partial charge in [-0.1, -0.05) is 13.0 Å². The Balaban J connectivity index is 2.30. The molecule has 2 rings (SSSR count). The molecule has 0 aliphatic carbocycles. The van der Waals surface area contributed by atoms with Crippen molar-refractivity contribution in [3.63, 3.8) is 0 Å². The molecule has 3 nitrogen and oxygen atoms in total. The van der Waals surface area contributed by atoms with E-state index in [0.29, 0.717) is 12.6 Å². The minimum Gasteiger partial charge on any atom is -0.378 e. The zero-order valence-electron chi connectivity index (χ0n) is 13.3. The number of anilines is 1. The van der Waals surface area contributed by atoms with E-state index in [1.54, 1.807) is 0 Å². The maximum absolute atomic E-state index is 6.17. The van der Waals surface area contributed by atoms with Gasteiger partial charge in [0.05, 0.1) is 11.6 Å². The Morgan fingerprint density at radius 3 is 2.50 bits per heavy atom. The first-order valence-corrected chi connectivity index (χ1v) is 7.64. The van der Waals surface area contributed by atoms with Crippen LogP contribution >= 0.6 is 0 Å². The molecule has 2 N–H and O–H groups in total. The summed E-state index contributed by atoms with van der Waals surface area (Å²) < 4.78 is 5.84. The second kappa shape index (κ2) is 6.15. The Morgan fingerprint density at radius 1 is 1.30 bits per heavy atom. The number of rotatable bonds is 4. The van der Waals surface area contributed by atoms with Gasteiger partial charge in [0.15, 0.2) is 0 Å². The average Bonchev–Trinajstić information content (AvgIpc) is 2.45. The van der Waals surface area contributed by atoms with Crippen molar-refractivity contribution in [3.8, 4) is 0 Å². The van der Waals surface area contributed by atoms with E-state index in [2.05, 4.69) is 50.9 Å². The second-order valence-electron chi connectivity index (χ2n) is 6.19. The van der Waals surface area contributed by atoms with E-state index < -0.39 is 0 Å². The van der Waals surface area contributed by atoms with Crippen LogP contribution in [0.25, 0.3) is 0 Å². The van der Waals surface area contributed by atoms with Crippen molar-refractivity contribution in [1.82, 2.24) is 0 Å². The molecule has 0 saturated carbocycles. The standard InChI is InChI=1S/C17H28N2O/c1-5-16-11-17(12-18,6-7-20-16)19(4)15-9-13(2)8-14(3)10-15/h8-10,16H,5-7,11-12,18H2,1-4H3. The lowest BCUT2D eigenvalue weighted by atomic mass is 9.84. The Labute approximate surface area is 123 Å². The number of likely N-dealkylation sites (N-methyl/N-ethyl adjacent to an activating group) is 1. The number of ether oxygens (including phenoxy) is 1. The number of benzene rings is 1. The first-order chi connectivity index (χ1) is 9.50. The zero-order valence-corrected chi connectivity index (χ0v) is 13.3. The molecule has 3 heteroatoms. The van der Waals surface area contributed by atoms with Crippen LogP contribution in [0, 0.1) is 13.8 Å². The largest absolute Gasteiger partial charge is 0.378 e. The van der Waals surface area contributed by atoms with Gasteiger partial charge in [-0.05, 0) is 56.4 Å². The topological polar surface area (TPSA) is 38.5 Å². The highest BCUT2D eigenvalue weighted by Gasteiger charge is 2.39. The molecule has 1 heterocycles. The van der Waals surface area contributed by atoms with Gasteiger partial charge in [-0.3, -0.25) is 0 Å². The van der Waals surface area contributed by atoms with Gasteiger partial charge in [0, 0.05) is 25.9 Å². The molecule has 2 atom stereocenters. The van der Waals surface area contributed by atoms with E-state index >= 15 is 0 Å². The van der Waals surface area contributed by atoms with E-state index in [4.69, 9.17) is 10.5 Å². The lowest BCUT2D eigenvalue weighted by Crippen LogP contribution is -2.57. The SMILES string of the molecule is CCC1CC(CN)(N(C)c2cc(C)cc(C)c2)CCO1. The maximum Gasteiger partial charge on any atom is 0.0595 e. The van der Waals surface area contributed by atoms with E-state index in [0.717, 1.165) is 25.9 Å². The Morgan fingerprint density at radius 2 is 1.95 bits per heavy atom. The van der Waals surface area contributed by atoms with Crippen LogP contribution in [-0.2, 0) is 4.74 Å². The predicted molar refractivity (Wildman–Crippen MR) is 85.4 cm³/mol. The highest BCUT2D eigenvalue weighted by molar-refractivity contribution is 5.52. The summed E-state index contributed by atoms with van der Waals surface area (Å²) in [4.78, 5) is 2.39. The molecule has 1 fully saturated rings. The Bertz CT molecular complexity index is 440. The molecule has 1 aromatic carbocycles. The van der Waals surface area contributed by atoms with Gasteiger partial charge >= 0.3 is 0 Å². The summed E-state index contributed by atoms with van der Waals surface area (Å²) in [5.41, 5.74) is 10.1. The molecule has 1 saturated heterocycles.